The Morgan fingerprint density at radius 1 is 1.12 bits per heavy atom. The maximum atomic E-state index is 13.9. The molecule has 0 bridgehead atoms. The van der Waals surface area contributed by atoms with Crippen LogP contribution in [0.2, 0.25) is 0 Å². The molecule has 0 unspecified atom stereocenters. The van der Waals surface area contributed by atoms with Crippen LogP contribution < -0.4 is 9.47 Å². The third-order valence-electron chi connectivity index (χ3n) is 6.06. The average molecular weight is 455 g/mol. The fourth-order valence-electron chi connectivity index (χ4n) is 4.26. The second-order valence-corrected chi connectivity index (χ2v) is 8.49. The third-order valence-corrected chi connectivity index (χ3v) is 6.53. The molecule has 0 aromatic heterocycles. The Balaban J connectivity index is 1.54. The lowest BCUT2D eigenvalue weighted by Gasteiger charge is -2.30. The zero-order chi connectivity index (χ0) is 22.7. The number of amides is 1. The molecule has 2 aromatic rings. The summed E-state index contributed by atoms with van der Waals surface area (Å²) in [5.41, 5.74) is 1.81. The summed E-state index contributed by atoms with van der Waals surface area (Å²) < 4.78 is 25.1. The number of rotatable bonds is 6. The molecule has 2 aromatic carbocycles. The van der Waals surface area contributed by atoms with Crippen molar-refractivity contribution >= 4 is 29.3 Å². The standard InChI is InChI=1S/C25H27FN2O3S/c1-27-21(24(29)28(25(27)32)19-9-4-3-5-10-19)14-17-12-13-22(23(15-17)30-2)31-16-18-8-6-7-11-20(18)26/h6-8,11-15,19H,3-5,9-10,16H2,1-2H3/b21-14-. The summed E-state index contributed by atoms with van der Waals surface area (Å²) >= 11 is 5.59. The van der Waals surface area contributed by atoms with Crippen LogP contribution >= 0.6 is 12.2 Å². The van der Waals surface area contributed by atoms with Crippen molar-refractivity contribution in [1.82, 2.24) is 9.80 Å². The molecule has 1 saturated heterocycles. The minimum Gasteiger partial charge on any atom is -0.493 e. The maximum absolute atomic E-state index is 13.9. The highest BCUT2D eigenvalue weighted by Gasteiger charge is 2.40. The molecule has 1 aliphatic heterocycles. The Hall–Kier alpha value is -2.93. The van der Waals surface area contributed by atoms with Gasteiger partial charge in [-0.1, -0.05) is 43.5 Å². The van der Waals surface area contributed by atoms with Crippen molar-refractivity contribution in [2.75, 3.05) is 14.2 Å². The van der Waals surface area contributed by atoms with Gasteiger partial charge in [-0.05, 0) is 54.9 Å². The first-order chi connectivity index (χ1) is 15.5. The zero-order valence-corrected chi connectivity index (χ0v) is 19.2. The van der Waals surface area contributed by atoms with E-state index in [1.807, 2.05) is 19.2 Å². The van der Waals surface area contributed by atoms with Crippen LogP contribution in [0.3, 0.4) is 0 Å². The Morgan fingerprint density at radius 3 is 2.59 bits per heavy atom. The molecule has 32 heavy (non-hydrogen) atoms. The summed E-state index contributed by atoms with van der Waals surface area (Å²) in [6, 6.07) is 12.1. The number of ether oxygens (including phenoxy) is 2. The number of likely N-dealkylation sites (N-methyl/N-ethyl adjacent to an activating group) is 1. The first-order valence-corrected chi connectivity index (χ1v) is 11.3. The van der Waals surface area contributed by atoms with Crippen LogP contribution in [0, 0.1) is 5.82 Å². The molecule has 5 nitrogen and oxygen atoms in total. The highest BCUT2D eigenvalue weighted by Crippen LogP contribution is 2.33. The molecule has 0 atom stereocenters. The van der Waals surface area contributed by atoms with Gasteiger partial charge in [0.25, 0.3) is 5.91 Å². The number of carbonyl (C=O) groups excluding carboxylic acids is 1. The van der Waals surface area contributed by atoms with Gasteiger partial charge in [0, 0.05) is 18.7 Å². The molecule has 1 amide bonds. The summed E-state index contributed by atoms with van der Waals surface area (Å²) in [6.45, 7) is 0.0926. The molecule has 4 rings (SSSR count). The van der Waals surface area contributed by atoms with Gasteiger partial charge in [-0.15, -0.1) is 0 Å². The summed E-state index contributed by atoms with van der Waals surface area (Å²) in [4.78, 5) is 16.7. The van der Waals surface area contributed by atoms with Crippen LogP contribution in [0.4, 0.5) is 4.39 Å². The number of thiocarbonyl (C=S) groups is 1. The van der Waals surface area contributed by atoms with E-state index in [9.17, 15) is 9.18 Å². The van der Waals surface area contributed by atoms with E-state index in [0.717, 1.165) is 31.2 Å². The van der Waals surface area contributed by atoms with Crippen molar-refractivity contribution in [3.05, 3.63) is 65.1 Å². The zero-order valence-electron chi connectivity index (χ0n) is 18.3. The number of carbonyl (C=O) groups is 1. The summed E-state index contributed by atoms with van der Waals surface area (Å²) in [5, 5.41) is 0.560. The van der Waals surface area contributed by atoms with E-state index in [1.165, 1.54) is 12.5 Å². The molecule has 1 aliphatic carbocycles. The molecule has 2 aliphatic rings. The number of halogens is 1. The number of hydrogen-bond donors (Lipinski definition) is 0. The van der Waals surface area contributed by atoms with Gasteiger partial charge >= 0.3 is 0 Å². The Bertz CT molecular complexity index is 1050. The maximum Gasteiger partial charge on any atom is 0.277 e. The summed E-state index contributed by atoms with van der Waals surface area (Å²) in [5.74, 6) is 0.649. The monoisotopic (exact) mass is 454 g/mol. The highest BCUT2D eigenvalue weighted by atomic mass is 32.1. The predicted octanol–water partition coefficient (Wildman–Crippen LogP) is 5.15. The first kappa shape index (κ1) is 22.3. The van der Waals surface area contributed by atoms with Crippen molar-refractivity contribution in [1.29, 1.82) is 0 Å². The average Bonchev–Trinajstić information content (AvgIpc) is 3.02. The quantitative estimate of drug-likeness (QED) is 0.446. The van der Waals surface area contributed by atoms with Crippen LogP contribution in [0.25, 0.3) is 6.08 Å². The molecule has 0 radical (unpaired) electrons. The molecular weight excluding hydrogens is 427 g/mol. The van der Waals surface area contributed by atoms with Crippen LogP contribution in [-0.2, 0) is 11.4 Å². The number of methoxy groups -OCH3 is 1. The van der Waals surface area contributed by atoms with E-state index < -0.39 is 0 Å². The van der Waals surface area contributed by atoms with E-state index in [4.69, 9.17) is 21.7 Å². The molecule has 168 valence electrons. The van der Waals surface area contributed by atoms with E-state index in [0.29, 0.717) is 27.9 Å². The lowest BCUT2D eigenvalue weighted by Crippen LogP contribution is -2.41. The third kappa shape index (κ3) is 4.48. The number of hydrogen-bond acceptors (Lipinski definition) is 4. The first-order valence-electron chi connectivity index (χ1n) is 10.9. The fourth-order valence-corrected chi connectivity index (χ4v) is 4.59. The van der Waals surface area contributed by atoms with Crippen molar-refractivity contribution in [2.45, 2.75) is 44.8 Å². The Morgan fingerprint density at radius 2 is 1.88 bits per heavy atom. The molecular formula is C25H27FN2O3S. The number of benzene rings is 2. The lowest BCUT2D eigenvalue weighted by molar-refractivity contribution is -0.124. The number of nitrogens with zero attached hydrogens (tertiary/aromatic N) is 2. The predicted molar refractivity (Wildman–Crippen MR) is 126 cm³/mol. The topological polar surface area (TPSA) is 42.0 Å². The van der Waals surface area contributed by atoms with E-state index >= 15 is 0 Å². The molecule has 0 N–H and O–H groups in total. The summed E-state index contributed by atoms with van der Waals surface area (Å²) in [6.07, 6.45) is 7.29. The van der Waals surface area contributed by atoms with Crippen molar-refractivity contribution in [3.8, 4) is 11.5 Å². The van der Waals surface area contributed by atoms with Gasteiger partial charge in [0.05, 0.1) is 7.11 Å². The minimum atomic E-state index is -0.311. The van der Waals surface area contributed by atoms with Crippen LogP contribution in [-0.4, -0.2) is 41.0 Å². The smallest absolute Gasteiger partial charge is 0.277 e. The largest absolute Gasteiger partial charge is 0.493 e. The second-order valence-electron chi connectivity index (χ2n) is 8.13. The van der Waals surface area contributed by atoms with E-state index in [1.54, 1.807) is 47.2 Å². The van der Waals surface area contributed by atoms with Crippen molar-refractivity contribution in [3.63, 3.8) is 0 Å². The molecule has 1 heterocycles. The van der Waals surface area contributed by atoms with Gasteiger partial charge in [-0.2, -0.15) is 0 Å². The van der Waals surface area contributed by atoms with Gasteiger partial charge in [0.2, 0.25) is 0 Å². The molecule has 7 heteroatoms. The van der Waals surface area contributed by atoms with Crippen LogP contribution in [0.5, 0.6) is 11.5 Å². The lowest BCUT2D eigenvalue weighted by atomic mass is 9.94. The Labute approximate surface area is 193 Å². The van der Waals surface area contributed by atoms with Gasteiger partial charge in [0.1, 0.15) is 18.1 Å². The molecule has 1 saturated carbocycles. The molecule has 0 spiro atoms. The van der Waals surface area contributed by atoms with Crippen molar-refractivity contribution in [2.24, 2.45) is 0 Å². The minimum absolute atomic E-state index is 0.0525. The van der Waals surface area contributed by atoms with E-state index in [-0.39, 0.29) is 24.4 Å². The van der Waals surface area contributed by atoms with Gasteiger partial charge < -0.3 is 14.4 Å². The van der Waals surface area contributed by atoms with Crippen LogP contribution in [0.15, 0.2) is 48.2 Å². The van der Waals surface area contributed by atoms with Crippen molar-refractivity contribution < 1.29 is 18.7 Å². The highest BCUT2D eigenvalue weighted by molar-refractivity contribution is 7.80. The second kappa shape index (κ2) is 9.69. The van der Waals surface area contributed by atoms with Gasteiger partial charge in [-0.3, -0.25) is 9.69 Å². The SMILES string of the molecule is COc1cc(/C=C2/C(=O)N(C3CCCCC3)C(=S)N2C)ccc1OCc1ccccc1F. The molecule has 2 fully saturated rings. The van der Waals surface area contributed by atoms with Gasteiger partial charge in [0.15, 0.2) is 16.6 Å². The fraction of sp³-hybridized carbons (Fsp3) is 0.360. The Kier molecular flexibility index (Phi) is 6.74. The van der Waals surface area contributed by atoms with E-state index in [2.05, 4.69) is 0 Å². The van der Waals surface area contributed by atoms with Gasteiger partial charge in [-0.25, -0.2) is 4.39 Å². The van der Waals surface area contributed by atoms with Crippen LogP contribution in [0.1, 0.15) is 43.2 Å². The summed E-state index contributed by atoms with van der Waals surface area (Å²) in [7, 11) is 3.38. The normalized spacial score (nSPS) is 18.5.